The molecular weight excluding hydrogens is 286 g/mol. The van der Waals surface area contributed by atoms with Gasteiger partial charge in [-0.15, -0.1) is 0 Å². The van der Waals surface area contributed by atoms with Crippen molar-refractivity contribution in [1.29, 1.82) is 0 Å². The van der Waals surface area contributed by atoms with Crippen LogP contribution < -0.4 is 5.32 Å². The molecule has 2 aromatic rings. The Hall–Kier alpha value is -1.84. The summed E-state index contributed by atoms with van der Waals surface area (Å²) in [7, 11) is 1.64. The van der Waals surface area contributed by atoms with Crippen molar-refractivity contribution in [3.63, 3.8) is 0 Å². The number of benzene rings is 2. The second kappa shape index (κ2) is 7.25. The van der Waals surface area contributed by atoms with Gasteiger partial charge in [-0.05, 0) is 30.7 Å². The van der Waals surface area contributed by atoms with Crippen LogP contribution in [0.1, 0.15) is 28.9 Å². The van der Waals surface area contributed by atoms with Crippen molar-refractivity contribution >= 4 is 17.5 Å². The molecule has 0 aromatic heterocycles. The molecule has 4 heteroatoms. The molecule has 0 saturated carbocycles. The third-order valence-electron chi connectivity index (χ3n) is 3.28. The molecule has 21 heavy (non-hydrogen) atoms. The third-order valence-corrected chi connectivity index (χ3v) is 3.52. The second-order valence-electron chi connectivity index (χ2n) is 4.84. The second-order valence-corrected chi connectivity index (χ2v) is 5.28. The summed E-state index contributed by atoms with van der Waals surface area (Å²) in [4.78, 5) is 12.2. The molecule has 0 fully saturated rings. The first-order valence-electron chi connectivity index (χ1n) is 6.76. The fourth-order valence-corrected chi connectivity index (χ4v) is 2.46. The number of carbonyl (C=O) groups excluding carboxylic acids is 1. The minimum atomic E-state index is -0.200. The predicted octanol–water partition coefficient (Wildman–Crippen LogP) is 3.85. The molecule has 2 unspecified atom stereocenters. The van der Waals surface area contributed by atoms with E-state index in [-0.39, 0.29) is 18.1 Å². The Labute approximate surface area is 129 Å². The Morgan fingerprint density at radius 2 is 1.86 bits per heavy atom. The van der Waals surface area contributed by atoms with Crippen molar-refractivity contribution in [2.45, 2.75) is 19.1 Å². The molecule has 1 N–H and O–H groups in total. The Morgan fingerprint density at radius 1 is 1.14 bits per heavy atom. The lowest BCUT2D eigenvalue weighted by molar-refractivity contribution is 0.0645. The van der Waals surface area contributed by atoms with Gasteiger partial charge in [-0.1, -0.05) is 48.0 Å². The van der Waals surface area contributed by atoms with Crippen LogP contribution in [0.2, 0.25) is 5.02 Å². The number of amides is 1. The lowest BCUT2D eigenvalue weighted by Crippen LogP contribution is -2.37. The van der Waals surface area contributed by atoms with Gasteiger partial charge < -0.3 is 10.1 Å². The number of rotatable bonds is 5. The molecule has 0 aliphatic carbocycles. The van der Waals surface area contributed by atoms with Crippen molar-refractivity contribution in [2.24, 2.45) is 0 Å². The van der Waals surface area contributed by atoms with E-state index in [4.69, 9.17) is 16.3 Å². The van der Waals surface area contributed by atoms with Gasteiger partial charge in [0.25, 0.3) is 5.91 Å². The molecule has 0 aliphatic rings. The summed E-state index contributed by atoms with van der Waals surface area (Å²) in [5, 5.41) is 3.49. The van der Waals surface area contributed by atoms with Crippen LogP contribution >= 0.6 is 11.6 Å². The standard InChI is InChI=1S/C17H18ClNO2/c1-12(16(21-2)13-7-4-3-5-8-13)19-17(20)14-9-6-10-15(18)11-14/h3-12,16H,1-2H3,(H,19,20). The number of halogens is 1. The van der Waals surface area contributed by atoms with Crippen LogP contribution in [0.5, 0.6) is 0 Å². The third kappa shape index (κ3) is 4.06. The van der Waals surface area contributed by atoms with Crippen LogP contribution in [0.3, 0.4) is 0 Å². The summed E-state index contributed by atoms with van der Waals surface area (Å²) in [6.07, 6.45) is -0.200. The zero-order valence-corrected chi connectivity index (χ0v) is 12.8. The number of hydrogen-bond acceptors (Lipinski definition) is 2. The topological polar surface area (TPSA) is 38.3 Å². The fourth-order valence-electron chi connectivity index (χ4n) is 2.27. The van der Waals surface area contributed by atoms with Gasteiger partial charge in [0.15, 0.2) is 0 Å². The van der Waals surface area contributed by atoms with Gasteiger partial charge >= 0.3 is 0 Å². The maximum absolute atomic E-state index is 12.2. The van der Waals surface area contributed by atoms with Crippen molar-refractivity contribution < 1.29 is 9.53 Å². The normalized spacial score (nSPS) is 13.5. The van der Waals surface area contributed by atoms with Gasteiger partial charge in [-0.2, -0.15) is 0 Å². The largest absolute Gasteiger partial charge is 0.375 e. The molecule has 0 aliphatic heterocycles. The van der Waals surface area contributed by atoms with Gasteiger partial charge in [-0.3, -0.25) is 4.79 Å². The molecular formula is C17H18ClNO2. The summed E-state index contributed by atoms with van der Waals surface area (Å²) in [6.45, 7) is 1.92. The molecule has 1 amide bonds. The maximum atomic E-state index is 12.2. The highest BCUT2D eigenvalue weighted by atomic mass is 35.5. The van der Waals surface area contributed by atoms with Crippen LogP contribution in [-0.4, -0.2) is 19.1 Å². The summed E-state index contributed by atoms with van der Waals surface area (Å²) < 4.78 is 5.52. The molecule has 2 aromatic carbocycles. The summed E-state index contributed by atoms with van der Waals surface area (Å²) in [5.41, 5.74) is 1.57. The molecule has 3 nitrogen and oxygen atoms in total. The number of hydrogen-bond donors (Lipinski definition) is 1. The highest BCUT2D eigenvalue weighted by Gasteiger charge is 2.21. The summed E-state index contributed by atoms with van der Waals surface area (Å²) >= 11 is 5.91. The van der Waals surface area contributed by atoms with Crippen molar-refractivity contribution in [1.82, 2.24) is 5.32 Å². The fraction of sp³-hybridized carbons (Fsp3) is 0.235. The molecule has 0 heterocycles. The Balaban J connectivity index is 2.09. The van der Waals surface area contributed by atoms with Crippen molar-refractivity contribution in [2.75, 3.05) is 7.11 Å². The van der Waals surface area contributed by atoms with E-state index in [1.54, 1.807) is 31.4 Å². The van der Waals surface area contributed by atoms with Crippen molar-refractivity contribution in [3.05, 3.63) is 70.7 Å². The number of ether oxygens (including phenoxy) is 1. The van der Waals surface area contributed by atoms with E-state index in [1.165, 1.54) is 0 Å². The SMILES string of the molecule is COC(c1ccccc1)C(C)NC(=O)c1cccc(Cl)c1. The van der Waals surface area contributed by atoms with Crippen LogP contribution in [-0.2, 0) is 4.74 Å². The Kier molecular flexibility index (Phi) is 5.37. The average molecular weight is 304 g/mol. The lowest BCUT2D eigenvalue weighted by Gasteiger charge is -2.24. The Bertz CT molecular complexity index is 601. The van der Waals surface area contributed by atoms with Crippen molar-refractivity contribution in [3.8, 4) is 0 Å². The molecule has 0 saturated heterocycles. The zero-order chi connectivity index (χ0) is 15.2. The number of carbonyl (C=O) groups is 1. The summed E-state index contributed by atoms with van der Waals surface area (Å²) in [6, 6.07) is 16.5. The molecule has 0 radical (unpaired) electrons. The minimum Gasteiger partial charge on any atom is -0.375 e. The maximum Gasteiger partial charge on any atom is 0.251 e. The quantitative estimate of drug-likeness (QED) is 0.911. The Morgan fingerprint density at radius 3 is 2.48 bits per heavy atom. The molecule has 110 valence electrons. The smallest absolute Gasteiger partial charge is 0.251 e. The van der Waals surface area contributed by atoms with Crippen LogP contribution in [0.15, 0.2) is 54.6 Å². The summed E-state index contributed by atoms with van der Waals surface area (Å²) in [5.74, 6) is -0.164. The monoisotopic (exact) mass is 303 g/mol. The van der Waals surface area contributed by atoms with Gasteiger partial charge in [0, 0.05) is 17.7 Å². The first-order chi connectivity index (χ1) is 10.1. The molecule has 2 atom stereocenters. The van der Waals surface area contributed by atoms with Gasteiger partial charge in [0.2, 0.25) is 0 Å². The van der Waals surface area contributed by atoms with E-state index in [9.17, 15) is 4.79 Å². The van der Waals surface area contributed by atoms with Gasteiger partial charge in [0.05, 0.1) is 6.04 Å². The van der Waals surface area contributed by atoms with E-state index < -0.39 is 0 Å². The average Bonchev–Trinajstić information content (AvgIpc) is 2.49. The van der Waals surface area contributed by atoms with Crippen LogP contribution in [0.25, 0.3) is 0 Å². The van der Waals surface area contributed by atoms with Crippen LogP contribution in [0.4, 0.5) is 0 Å². The highest BCUT2D eigenvalue weighted by molar-refractivity contribution is 6.30. The molecule has 0 bridgehead atoms. The first-order valence-corrected chi connectivity index (χ1v) is 7.14. The highest BCUT2D eigenvalue weighted by Crippen LogP contribution is 2.20. The van der Waals surface area contributed by atoms with E-state index in [1.807, 2.05) is 37.3 Å². The van der Waals surface area contributed by atoms with E-state index >= 15 is 0 Å². The van der Waals surface area contributed by atoms with E-state index in [2.05, 4.69) is 5.32 Å². The lowest BCUT2D eigenvalue weighted by atomic mass is 10.0. The minimum absolute atomic E-state index is 0.163. The molecule has 2 rings (SSSR count). The first kappa shape index (κ1) is 15.5. The van der Waals surface area contributed by atoms with Gasteiger partial charge in [0.1, 0.15) is 6.10 Å². The number of methoxy groups -OCH3 is 1. The molecule has 0 spiro atoms. The van der Waals surface area contributed by atoms with Crippen LogP contribution in [0, 0.1) is 0 Å². The zero-order valence-electron chi connectivity index (χ0n) is 12.0. The van der Waals surface area contributed by atoms with Gasteiger partial charge in [-0.25, -0.2) is 0 Å². The van der Waals surface area contributed by atoms with E-state index in [0.29, 0.717) is 10.6 Å². The number of nitrogens with one attached hydrogen (secondary N) is 1. The van der Waals surface area contributed by atoms with E-state index in [0.717, 1.165) is 5.56 Å². The predicted molar refractivity (Wildman–Crippen MR) is 84.6 cm³/mol.